The molecule has 0 aliphatic carbocycles. The van der Waals surface area contributed by atoms with Gasteiger partial charge in [0.15, 0.2) is 5.96 Å². The number of hydrogen-bond acceptors (Lipinski definition) is 4. The lowest BCUT2D eigenvalue weighted by molar-refractivity contribution is 0.380. The van der Waals surface area contributed by atoms with Crippen LogP contribution < -0.4 is 10.6 Å². The van der Waals surface area contributed by atoms with Gasteiger partial charge >= 0.3 is 0 Å². The zero-order valence-electron chi connectivity index (χ0n) is 13.8. The lowest BCUT2D eigenvalue weighted by Crippen LogP contribution is -2.51. The Morgan fingerprint density at radius 1 is 1.25 bits per heavy atom. The molecular formula is C17H22ClN5S. The van der Waals surface area contributed by atoms with Gasteiger partial charge in [-0.2, -0.15) is 0 Å². The lowest BCUT2D eigenvalue weighted by atomic mass is 10.2. The number of hydrogen-bond donors (Lipinski definition) is 1. The number of anilines is 1. The summed E-state index contributed by atoms with van der Waals surface area (Å²) >= 11 is 7.63. The Labute approximate surface area is 151 Å². The fourth-order valence-electron chi connectivity index (χ4n) is 2.69. The summed E-state index contributed by atoms with van der Waals surface area (Å²) in [5.74, 6) is 0.608. The summed E-state index contributed by atoms with van der Waals surface area (Å²) in [7, 11) is 0. The molecule has 0 saturated carbocycles. The van der Waals surface area contributed by atoms with Gasteiger partial charge in [0.2, 0.25) is 0 Å². The van der Waals surface area contributed by atoms with E-state index in [1.165, 1.54) is 5.69 Å². The Kier molecular flexibility index (Phi) is 5.58. The van der Waals surface area contributed by atoms with Crippen molar-refractivity contribution >= 4 is 34.6 Å². The minimum absolute atomic E-state index is 0.555. The molecule has 2 N–H and O–H groups in total. The second kappa shape index (κ2) is 7.85. The van der Waals surface area contributed by atoms with Crippen molar-refractivity contribution < 1.29 is 0 Å². The number of thiazole rings is 1. The molecule has 1 saturated heterocycles. The molecule has 128 valence electrons. The van der Waals surface area contributed by atoms with Gasteiger partial charge in [0.05, 0.1) is 17.2 Å². The first kappa shape index (κ1) is 17.0. The molecule has 0 amide bonds. The van der Waals surface area contributed by atoms with Gasteiger partial charge < -0.3 is 15.5 Å². The van der Waals surface area contributed by atoms with Crippen molar-refractivity contribution in [1.29, 1.82) is 0 Å². The van der Waals surface area contributed by atoms with Crippen LogP contribution in [0.15, 0.2) is 34.6 Å². The Balaban J connectivity index is 1.53. The second-order valence-corrected chi connectivity index (χ2v) is 7.09. The first-order valence-electron chi connectivity index (χ1n) is 8.14. The molecule has 1 aromatic carbocycles. The average molecular weight is 364 g/mol. The molecule has 1 aliphatic rings. The van der Waals surface area contributed by atoms with Gasteiger partial charge in [-0.1, -0.05) is 18.5 Å². The minimum Gasteiger partial charge on any atom is -0.370 e. The number of aromatic nitrogens is 1. The number of aryl methyl sites for hydroxylation is 1. The van der Waals surface area contributed by atoms with E-state index in [2.05, 4.69) is 44.2 Å². The smallest absolute Gasteiger partial charge is 0.191 e. The molecular weight excluding hydrogens is 342 g/mol. The molecule has 24 heavy (non-hydrogen) atoms. The maximum absolute atomic E-state index is 6.16. The molecule has 7 heteroatoms. The van der Waals surface area contributed by atoms with Crippen molar-refractivity contribution in [2.75, 3.05) is 31.1 Å². The van der Waals surface area contributed by atoms with E-state index in [-0.39, 0.29) is 0 Å². The van der Waals surface area contributed by atoms with Crippen molar-refractivity contribution in [1.82, 2.24) is 9.88 Å². The van der Waals surface area contributed by atoms with E-state index >= 15 is 0 Å². The first-order chi connectivity index (χ1) is 11.7. The Bertz CT molecular complexity index is 689. The van der Waals surface area contributed by atoms with Crippen LogP contribution in [-0.4, -0.2) is 42.0 Å². The molecule has 3 rings (SSSR count). The number of benzene rings is 1. The zero-order valence-corrected chi connectivity index (χ0v) is 15.4. The zero-order chi connectivity index (χ0) is 16.9. The normalized spacial score (nSPS) is 15.8. The summed E-state index contributed by atoms with van der Waals surface area (Å²) in [4.78, 5) is 13.5. The van der Waals surface area contributed by atoms with E-state index in [4.69, 9.17) is 17.3 Å². The highest BCUT2D eigenvalue weighted by Crippen LogP contribution is 2.19. The van der Waals surface area contributed by atoms with Gasteiger partial charge in [0.25, 0.3) is 0 Å². The molecule has 0 bridgehead atoms. The van der Waals surface area contributed by atoms with Crippen LogP contribution in [0.5, 0.6) is 0 Å². The van der Waals surface area contributed by atoms with Gasteiger partial charge in [0.1, 0.15) is 0 Å². The third kappa shape index (κ3) is 4.19. The van der Waals surface area contributed by atoms with Crippen LogP contribution in [0, 0.1) is 0 Å². The van der Waals surface area contributed by atoms with Gasteiger partial charge in [0, 0.05) is 42.3 Å². The van der Waals surface area contributed by atoms with E-state index in [0.29, 0.717) is 12.5 Å². The highest BCUT2D eigenvalue weighted by Gasteiger charge is 2.18. The van der Waals surface area contributed by atoms with Crippen LogP contribution in [0.2, 0.25) is 5.02 Å². The number of aliphatic imine (C=N–C) groups is 1. The van der Waals surface area contributed by atoms with E-state index in [9.17, 15) is 0 Å². The number of nitrogens with zero attached hydrogens (tertiary/aromatic N) is 4. The monoisotopic (exact) mass is 363 g/mol. The maximum Gasteiger partial charge on any atom is 0.191 e. The molecule has 1 aliphatic heterocycles. The van der Waals surface area contributed by atoms with Crippen molar-refractivity contribution in [3.63, 3.8) is 0 Å². The molecule has 0 atom stereocenters. The van der Waals surface area contributed by atoms with E-state index < -0.39 is 0 Å². The number of rotatable bonds is 4. The van der Waals surface area contributed by atoms with E-state index in [1.807, 2.05) is 12.1 Å². The van der Waals surface area contributed by atoms with Crippen LogP contribution in [0.1, 0.15) is 17.6 Å². The highest BCUT2D eigenvalue weighted by atomic mass is 35.5. The molecule has 2 heterocycles. The number of piperazine rings is 1. The Hall–Kier alpha value is -1.79. The Morgan fingerprint density at radius 3 is 2.58 bits per heavy atom. The molecule has 0 unspecified atom stereocenters. The molecule has 1 fully saturated rings. The van der Waals surface area contributed by atoms with Crippen molar-refractivity contribution in [2.24, 2.45) is 10.7 Å². The number of halogens is 1. The predicted molar refractivity (Wildman–Crippen MR) is 102 cm³/mol. The summed E-state index contributed by atoms with van der Waals surface area (Å²) in [5.41, 5.74) is 8.35. The van der Waals surface area contributed by atoms with Gasteiger partial charge in [-0.15, -0.1) is 11.3 Å². The largest absolute Gasteiger partial charge is 0.370 e. The van der Waals surface area contributed by atoms with E-state index in [1.54, 1.807) is 11.3 Å². The predicted octanol–water partition coefficient (Wildman–Crippen LogP) is 3.00. The molecule has 1 aromatic heterocycles. The molecule has 0 spiro atoms. The minimum atomic E-state index is 0.555. The molecule has 5 nitrogen and oxygen atoms in total. The summed E-state index contributed by atoms with van der Waals surface area (Å²) < 4.78 is 0. The van der Waals surface area contributed by atoms with Crippen LogP contribution in [0.4, 0.5) is 5.69 Å². The van der Waals surface area contributed by atoms with Crippen LogP contribution in [-0.2, 0) is 13.0 Å². The van der Waals surface area contributed by atoms with Gasteiger partial charge in [-0.05, 0) is 30.7 Å². The third-order valence-corrected chi connectivity index (χ3v) is 5.39. The fourth-order valence-corrected chi connectivity index (χ4v) is 3.55. The van der Waals surface area contributed by atoms with Crippen molar-refractivity contribution in [2.45, 2.75) is 19.9 Å². The molecule has 2 aromatic rings. The standard InChI is InChI=1S/C17H22ClN5S/c1-2-16-21-14(12-24-16)11-20-17(19)23-9-7-22(8-10-23)15-5-3-13(18)4-6-15/h3-6,12H,2,7-11H2,1H3,(H2,19,20). The molecule has 0 radical (unpaired) electrons. The topological polar surface area (TPSA) is 57.8 Å². The van der Waals surface area contributed by atoms with Crippen LogP contribution in [0.3, 0.4) is 0 Å². The second-order valence-electron chi connectivity index (χ2n) is 5.71. The summed E-state index contributed by atoms with van der Waals surface area (Å²) in [5, 5.41) is 3.98. The van der Waals surface area contributed by atoms with E-state index in [0.717, 1.165) is 48.3 Å². The quantitative estimate of drug-likeness (QED) is 0.670. The van der Waals surface area contributed by atoms with Crippen LogP contribution >= 0.6 is 22.9 Å². The van der Waals surface area contributed by atoms with Gasteiger partial charge in [-0.3, -0.25) is 0 Å². The summed E-state index contributed by atoms with van der Waals surface area (Å²) in [6.45, 7) is 6.26. The SMILES string of the molecule is CCc1nc(CN=C(N)N2CCN(c3ccc(Cl)cc3)CC2)cs1. The van der Waals surface area contributed by atoms with Crippen molar-refractivity contribution in [3.05, 3.63) is 45.4 Å². The third-order valence-electron chi connectivity index (χ3n) is 4.10. The number of nitrogens with two attached hydrogens (primary N) is 1. The maximum atomic E-state index is 6.16. The highest BCUT2D eigenvalue weighted by molar-refractivity contribution is 7.09. The first-order valence-corrected chi connectivity index (χ1v) is 9.40. The number of guanidine groups is 1. The fraction of sp³-hybridized carbons (Fsp3) is 0.412. The summed E-state index contributed by atoms with van der Waals surface area (Å²) in [6.07, 6.45) is 0.969. The Morgan fingerprint density at radius 2 is 1.96 bits per heavy atom. The average Bonchev–Trinajstić information content (AvgIpc) is 3.09. The van der Waals surface area contributed by atoms with Crippen molar-refractivity contribution in [3.8, 4) is 0 Å². The summed E-state index contributed by atoms with van der Waals surface area (Å²) in [6, 6.07) is 7.97. The van der Waals surface area contributed by atoms with Crippen LogP contribution in [0.25, 0.3) is 0 Å². The van der Waals surface area contributed by atoms with Gasteiger partial charge in [-0.25, -0.2) is 9.98 Å². The lowest BCUT2D eigenvalue weighted by Gasteiger charge is -2.36.